The first-order valence-corrected chi connectivity index (χ1v) is 26.0. The van der Waals surface area contributed by atoms with Crippen LogP contribution in [0.4, 0.5) is 0 Å². The third-order valence-electron chi connectivity index (χ3n) is 11.1. The van der Waals surface area contributed by atoms with Crippen LogP contribution in [0.1, 0.15) is 245 Å². The largest absolute Gasteiger partial charge is 0.462 e. The van der Waals surface area contributed by atoms with Gasteiger partial charge in [0.1, 0.15) is 13.2 Å². The first-order valence-electron chi connectivity index (χ1n) is 26.0. The van der Waals surface area contributed by atoms with Gasteiger partial charge in [0.25, 0.3) is 0 Å². The molecule has 0 radical (unpaired) electrons. The number of rotatable bonds is 46. The van der Waals surface area contributed by atoms with E-state index in [0.29, 0.717) is 19.3 Å². The highest BCUT2D eigenvalue weighted by Crippen LogP contribution is 2.15. The average molecular weight is 865 g/mol. The molecule has 0 saturated heterocycles. The number of ether oxygens (including phenoxy) is 3. The number of hydrogen-bond acceptors (Lipinski definition) is 6. The summed E-state index contributed by atoms with van der Waals surface area (Å²) in [5.41, 5.74) is 0. The molecule has 0 aliphatic carbocycles. The lowest BCUT2D eigenvalue weighted by atomic mass is 10.0. The first-order chi connectivity index (χ1) is 30.5. The van der Waals surface area contributed by atoms with Gasteiger partial charge < -0.3 is 14.2 Å². The molecule has 0 spiro atoms. The van der Waals surface area contributed by atoms with Crippen LogP contribution in [0, 0.1) is 0 Å². The SMILES string of the molecule is CC/C=C/C=C/C=C/C=C/CCCCCC(=O)OC(COC(=O)CCCCCCC/C=C/C=C/CCCCCCCCC)COC(=O)CCCCCCCCCCCCCCC. The van der Waals surface area contributed by atoms with Crippen molar-refractivity contribution < 1.29 is 28.6 Å². The fraction of sp³-hybridized carbons (Fsp3) is 0.732. The van der Waals surface area contributed by atoms with Crippen LogP contribution in [0.2, 0.25) is 0 Å². The molecule has 62 heavy (non-hydrogen) atoms. The maximum absolute atomic E-state index is 12.8. The van der Waals surface area contributed by atoms with Crippen molar-refractivity contribution >= 4 is 17.9 Å². The van der Waals surface area contributed by atoms with Crippen molar-refractivity contribution in [2.45, 2.75) is 252 Å². The Bertz CT molecular complexity index is 1180. The van der Waals surface area contributed by atoms with Gasteiger partial charge in [-0.1, -0.05) is 235 Å². The van der Waals surface area contributed by atoms with Gasteiger partial charge in [-0.2, -0.15) is 0 Å². The molecular formula is C56H96O6. The van der Waals surface area contributed by atoms with Crippen molar-refractivity contribution in [3.63, 3.8) is 0 Å². The first kappa shape index (κ1) is 58.9. The second kappa shape index (κ2) is 50.5. The Kier molecular flexibility index (Phi) is 47.9. The molecule has 0 amide bonds. The number of allylic oxidation sites excluding steroid dienone is 12. The van der Waals surface area contributed by atoms with Crippen LogP contribution in [-0.2, 0) is 28.6 Å². The molecule has 0 N–H and O–H groups in total. The molecule has 6 nitrogen and oxygen atoms in total. The topological polar surface area (TPSA) is 78.9 Å². The summed E-state index contributed by atoms with van der Waals surface area (Å²) >= 11 is 0. The maximum Gasteiger partial charge on any atom is 0.306 e. The quantitative estimate of drug-likeness (QED) is 0.0262. The third kappa shape index (κ3) is 47.9. The van der Waals surface area contributed by atoms with E-state index in [1.54, 1.807) is 0 Å². The molecular weight excluding hydrogens is 769 g/mol. The summed E-state index contributed by atoms with van der Waals surface area (Å²) in [5, 5.41) is 0. The van der Waals surface area contributed by atoms with Crippen LogP contribution in [-0.4, -0.2) is 37.2 Å². The van der Waals surface area contributed by atoms with Crippen LogP contribution in [0.15, 0.2) is 72.9 Å². The molecule has 0 aromatic carbocycles. The molecule has 0 rings (SSSR count). The van der Waals surface area contributed by atoms with Gasteiger partial charge in [-0.05, 0) is 64.2 Å². The van der Waals surface area contributed by atoms with E-state index >= 15 is 0 Å². The van der Waals surface area contributed by atoms with E-state index < -0.39 is 6.10 Å². The number of unbranched alkanes of at least 4 members (excludes halogenated alkanes) is 27. The second-order valence-electron chi connectivity index (χ2n) is 17.2. The normalized spacial score (nSPS) is 12.6. The monoisotopic (exact) mass is 865 g/mol. The van der Waals surface area contributed by atoms with Crippen molar-refractivity contribution in [2.24, 2.45) is 0 Å². The maximum atomic E-state index is 12.8. The van der Waals surface area contributed by atoms with E-state index in [-0.39, 0.29) is 37.5 Å². The minimum Gasteiger partial charge on any atom is -0.462 e. The van der Waals surface area contributed by atoms with E-state index in [4.69, 9.17) is 14.2 Å². The van der Waals surface area contributed by atoms with Gasteiger partial charge in [-0.15, -0.1) is 0 Å². The Balaban J connectivity index is 4.43. The van der Waals surface area contributed by atoms with Crippen LogP contribution < -0.4 is 0 Å². The van der Waals surface area contributed by atoms with E-state index in [9.17, 15) is 14.4 Å². The van der Waals surface area contributed by atoms with Gasteiger partial charge in [0.15, 0.2) is 6.10 Å². The Morgan fingerprint density at radius 2 is 0.629 bits per heavy atom. The van der Waals surface area contributed by atoms with Gasteiger partial charge in [0.05, 0.1) is 0 Å². The van der Waals surface area contributed by atoms with Crippen molar-refractivity contribution in [3.05, 3.63) is 72.9 Å². The minimum absolute atomic E-state index is 0.0951. The van der Waals surface area contributed by atoms with Gasteiger partial charge in [0.2, 0.25) is 0 Å². The number of carbonyl (C=O) groups excluding carboxylic acids is 3. The molecule has 0 aliphatic rings. The van der Waals surface area contributed by atoms with Crippen molar-refractivity contribution in [1.29, 1.82) is 0 Å². The minimum atomic E-state index is -0.800. The highest BCUT2D eigenvalue weighted by Gasteiger charge is 2.19. The second-order valence-corrected chi connectivity index (χ2v) is 17.2. The molecule has 6 heteroatoms. The standard InChI is InChI=1S/C56H96O6/c1-4-7-10-13-16-19-22-25-26-27-28-29-32-34-37-40-43-46-49-55(58)61-52-53(62-56(59)50-47-44-41-38-35-31-24-21-18-15-12-9-6-3)51-60-54(57)48-45-42-39-36-33-30-23-20-17-14-11-8-5-2/h9,12,15,18,21,24,26-29,31,35,53H,4-8,10-11,13-14,16-17,19-20,22-23,25,30,32-34,36-52H2,1-3H3/b12-9+,18-15+,24-21+,27-26+,29-28+,35-31+. The zero-order valence-electron chi connectivity index (χ0n) is 40.6. The molecule has 0 aromatic rings. The summed E-state index contributed by atoms with van der Waals surface area (Å²) in [6.07, 6.45) is 63.1. The number of carbonyl (C=O) groups is 3. The van der Waals surface area contributed by atoms with E-state index in [0.717, 1.165) is 83.5 Å². The summed E-state index contributed by atoms with van der Waals surface area (Å²) in [7, 11) is 0. The fourth-order valence-corrected chi connectivity index (χ4v) is 7.15. The van der Waals surface area contributed by atoms with E-state index in [2.05, 4.69) is 57.2 Å². The lowest BCUT2D eigenvalue weighted by Gasteiger charge is -2.18. The molecule has 0 bridgehead atoms. The Morgan fingerprint density at radius 1 is 0.339 bits per heavy atom. The molecule has 0 aliphatic heterocycles. The fourth-order valence-electron chi connectivity index (χ4n) is 7.15. The number of hydrogen-bond donors (Lipinski definition) is 0. The molecule has 1 atom stereocenters. The molecule has 0 saturated carbocycles. The number of esters is 3. The predicted molar refractivity (Wildman–Crippen MR) is 265 cm³/mol. The lowest BCUT2D eigenvalue weighted by molar-refractivity contribution is -0.167. The Morgan fingerprint density at radius 3 is 1.02 bits per heavy atom. The van der Waals surface area contributed by atoms with Gasteiger partial charge >= 0.3 is 17.9 Å². The molecule has 356 valence electrons. The van der Waals surface area contributed by atoms with Crippen LogP contribution in [0.3, 0.4) is 0 Å². The Hall–Kier alpha value is -3.15. The average Bonchev–Trinajstić information content (AvgIpc) is 3.27. The third-order valence-corrected chi connectivity index (χ3v) is 11.1. The molecule has 0 aromatic heterocycles. The van der Waals surface area contributed by atoms with Crippen molar-refractivity contribution in [3.8, 4) is 0 Å². The van der Waals surface area contributed by atoms with E-state index in [1.807, 2.05) is 36.5 Å². The van der Waals surface area contributed by atoms with Gasteiger partial charge in [0, 0.05) is 19.3 Å². The van der Waals surface area contributed by atoms with Crippen LogP contribution in [0.5, 0.6) is 0 Å². The summed E-state index contributed by atoms with van der Waals surface area (Å²) in [5.74, 6) is -0.948. The summed E-state index contributed by atoms with van der Waals surface area (Å²) in [6, 6.07) is 0. The van der Waals surface area contributed by atoms with Gasteiger partial charge in [-0.25, -0.2) is 0 Å². The molecule has 0 heterocycles. The summed E-state index contributed by atoms with van der Waals surface area (Å²) in [6.45, 7) is 6.45. The van der Waals surface area contributed by atoms with Crippen molar-refractivity contribution in [2.75, 3.05) is 13.2 Å². The van der Waals surface area contributed by atoms with E-state index in [1.165, 1.54) is 116 Å². The zero-order chi connectivity index (χ0) is 45.1. The highest BCUT2D eigenvalue weighted by molar-refractivity contribution is 5.71. The summed E-state index contributed by atoms with van der Waals surface area (Å²) < 4.78 is 16.7. The van der Waals surface area contributed by atoms with Crippen LogP contribution in [0.25, 0.3) is 0 Å². The summed E-state index contributed by atoms with van der Waals surface area (Å²) in [4.78, 5) is 37.9. The highest BCUT2D eigenvalue weighted by atomic mass is 16.6. The zero-order valence-corrected chi connectivity index (χ0v) is 40.6. The molecule has 1 unspecified atom stereocenters. The van der Waals surface area contributed by atoms with Gasteiger partial charge in [-0.3, -0.25) is 14.4 Å². The Labute approximate surface area is 382 Å². The van der Waals surface area contributed by atoms with Crippen LogP contribution >= 0.6 is 0 Å². The molecule has 0 fully saturated rings. The van der Waals surface area contributed by atoms with Crippen molar-refractivity contribution in [1.82, 2.24) is 0 Å². The smallest absolute Gasteiger partial charge is 0.306 e. The predicted octanol–water partition coefficient (Wildman–Crippen LogP) is 17.0. The lowest BCUT2D eigenvalue weighted by Crippen LogP contribution is -2.30.